The first-order valence-electron chi connectivity index (χ1n) is 19.8. The van der Waals surface area contributed by atoms with E-state index in [1.54, 1.807) is 0 Å². The highest BCUT2D eigenvalue weighted by atomic mass is 16.3. The molecule has 0 amide bonds. The number of furan rings is 1. The molecular formula is C55H35N3O. The van der Waals surface area contributed by atoms with Crippen LogP contribution in [0.15, 0.2) is 217 Å². The van der Waals surface area contributed by atoms with Gasteiger partial charge in [-0.3, -0.25) is 0 Å². The van der Waals surface area contributed by atoms with Gasteiger partial charge in [0.1, 0.15) is 11.2 Å². The van der Waals surface area contributed by atoms with Crippen LogP contribution in [0.4, 0.5) is 0 Å². The summed E-state index contributed by atoms with van der Waals surface area (Å²) in [7, 11) is 0. The number of para-hydroxylation sites is 2. The third kappa shape index (κ3) is 6.43. The van der Waals surface area contributed by atoms with Gasteiger partial charge in [0.2, 0.25) is 0 Å². The fourth-order valence-electron chi connectivity index (χ4n) is 8.20. The molecule has 2 heterocycles. The summed E-state index contributed by atoms with van der Waals surface area (Å²) in [5, 5.41) is 4.44. The first-order valence-corrected chi connectivity index (χ1v) is 19.8. The summed E-state index contributed by atoms with van der Waals surface area (Å²) in [6, 6.07) is 74.2. The molecule has 0 fully saturated rings. The van der Waals surface area contributed by atoms with E-state index in [1.807, 2.05) is 36.4 Å². The zero-order valence-corrected chi connectivity index (χ0v) is 32.0. The quantitative estimate of drug-likeness (QED) is 0.163. The summed E-state index contributed by atoms with van der Waals surface area (Å²) in [5.41, 5.74) is 13.1. The van der Waals surface area contributed by atoms with Gasteiger partial charge in [-0.2, -0.15) is 0 Å². The second-order valence-corrected chi connectivity index (χ2v) is 14.8. The maximum atomic E-state index is 6.55. The van der Waals surface area contributed by atoms with Crippen LogP contribution < -0.4 is 0 Å². The molecule has 0 aliphatic carbocycles. The van der Waals surface area contributed by atoms with Crippen LogP contribution in [0.1, 0.15) is 0 Å². The van der Waals surface area contributed by atoms with Crippen molar-refractivity contribution in [2.45, 2.75) is 0 Å². The minimum Gasteiger partial charge on any atom is -0.455 e. The summed E-state index contributed by atoms with van der Waals surface area (Å²) in [6.07, 6.45) is 0. The van der Waals surface area contributed by atoms with Crippen LogP contribution in [0.3, 0.4) is 0 Å². The molecule has 11 rings (SSSR count). The van der Waals surface area contributed by atoms with Crippen molar-refractivity contribution in [3.05, 3.63) is 212 Å². The highest BCUT2D eigenvalue weighted by molar-refractivity contribution is 6.09. The van der Waals surface area contributed by atoms with Crippen molar-refractivity contribution in [3.63, 3.8) is 0 Å². The molecule has 0 aliphatic rings. The topological polar surface area (TPSA) is 51.8 Å². The molecule has 4 heteroatoms. The second-order valence-electron chi connectivity index (χ2n) is 14.8. The van der Waals surface area contributed by atoms with Crippen LogP contribution in [0.2, 0.25) is 0 Å². The molecule has 4 nitrogen and oxygen atoms in total. The minimum absolute atomic E-state index is 0.544. The van der Waals surface area contributed by atoms with Gasteiger partial charge in [-0.25, -0.2) is 15.0 Å². The number of hydrogen-bond acceptors (Lipinski definition) is 4. The highest BCUT2D eigenvalue weighted by Gasteiger charge is 2.19. The Morgan fingerprint density at radius 2 is 0.746 bits per heavy atom. The lowest BCUT2D eigenvalue weighted by Crippen LogP contribution is -2.01. The van der Waals surface area contributed by atoms with Crippen LogP contribution in [0.5, 0.6) is 0 Å². The highest BCUT2D eigenvalue weighted by Crippen LogP contribution is 2.39. The second kappa shape index (κ2) is 14.5. The smallest absolute Gasteiger partial charge is 0.167 e. The van der Waals surface area contributed by atoms with Crippen molar-refractivity contribution >= 4 is 32.7 Å². The van der Waals surface area contributed by atoms with Crippen LogP contribution in [0, 0.1) is 0 Å². The zero-order chi connectivity index (χ0) is 39.1. The largest absolute Gasteiger partial charge is 0.455 e. The van der Waals surface area contributed by atoms with Gasteiger partial charge in [0.25, 0.3) is 0 Å². The fraction of sp³-hybridized carbons (Fsp3) is 0. The average molecular weight is 754 g/mol. The third-order valence-corrected chi connectivity index (χ3v) is 11.1. The Bertz CT molecular complexity index is 3260. The third-order valence-electron chi connectivity index (χ3n) is 11.1. The summed E-state index contributed by atoms with van der Waals surface area (Å²) >= 11 is 0. The van der Waals surface area contributed by atoms with E-state index in [2.05, 4.69) is 176 Å². The van der Waals surface area contributed by atoms with Crippen molar-refractivity contribution < 1.29 is 4.42 Å². The molecule has 2 aromatic heterocycles. The van der Waals surface area contributed by atoms with Gasteiger partial charge < -0.3 is 4.42 Å². The fourth-order valence-corrected chi connectivity index (χ4v) is 8.20. The standard InChI is InChI=1S/C55H35N3O/c1-4-16-36(17-5-1)42-32-43(37-18-6-2-7-19-37)34-45(33-42)54-56-53(57-55(58-54)49-28-15-27-48-47-26-12-13-29-51(47)59-52(48)49)41-24-14-23-40(30-41)50-35-44(38-20-8-3-9-21-38)31-39-22-10-11-25-46(39)50/h1-35H. The molecule has 0 saturated carbocycles. The molecular weight excluding hydrogens is 719 g/mol. The summed E-state index contributed by atoms with van der Waals surface area (Å²) in [6.45, 7) is 0. The zero-order valence-electron chi connectivity index (χ0n) is 32.0. The van der Waals surface area contributed by atoms with Crippen molar-refractivity contribution in [1.82, 2.24) is 15.0 Å². The molecule has 0 atom stereocenters. The monoisotopic (exact) mass is 753 g/mol. The molecule has 11 aromatic rings. The summed E-state index contributed by atoms with van der Waals surface area (Å²) in [4.78, 5) is 15.8. The Morgan fingerprint density at radius 1 is 0.271 bits per heavy atom. The average Bonchev–Trinajstić information content (AvgIpc) is 3.71. The van der Waals surface area contributed by atoms with E-state index in [-0.39, 0.29) is 0 Å². The first kappa shape index (κ1) is 34.3. The van der Waals surface area contributed by atoms with Crippen molar-refractivity contribution in [2.24, 2.45) is 0 Å². The van der Waals surface area contributed by atoms with Gasteiger partial charge in [0.05, 0.1) is 5.56 Å². The number of aromatic nitrogens is 3. The van der Waals surface area contributed by atoms with Crippen LogP contribution in [-0.2, 0) is 0 Å². The SMILES string of the molecule is c1ccc(-c2cc(-c3ccccc3)cc(-c3nc(-c4cccc(-c5cc(-c6ccccc6)cc6ccccc56)c4)nc(-c4cccc5c4oc4ccccc45)n3)c2)cc1. The summed E-state index contributed by atoms with van der Waals surface area (Å²) < 4.78 is 6.55. The van der Waals surface area contributed by atoms with E-state index in [1.165, 1.54) is 21.9 Å². The molecule has 276 valence electrons. The van der Waals surface area contributed by atoms with Gasteiger partial charge in [-0.15, -0.1) is 0 Å². The Kier molecular flexibility index (Phi) is 8.45. The molecule has 0 bridgehead atoms. The lowest BCUT2D eigenvalue weighted by molar-refractivity contribution is 0.669. The molecule has 0 aliphatic heterocycles. The van der Waals surface area contributed by atoms with Crippen molar-refractivity contribution in [3.8, 4) is 78.7 Å². The lowest BCUT2D eigenvalue weighted by atomic mass is 9.92. The van der Waals surface area contributed by atoms with E-state index in [0.29, 0.717) is 17.5 Å². The molecule has 0 unspecified atom stereocenters. The number of benzene rings is 9. The Hall–Kier alpha value is -7.95. The molecule has 9 aromatic carbocycles. The van der Waals surface area contributed by atoms with Gasteiger partial charge in [0, 0.05) is 21.9 Å². The van der Waals surface area contributed by atoms with E-state index >= 15 is 0 Å². The Labute approximate surface area is 341 Å². The van der Waals surface area contributed by atoms with Crippen molar-refractivity contribution in [1.29, 1.82) is 0 Å². The van der Waals surface area contributed by atoms with Gasteiger partial charge in [0.15, 0.2) is 17.5 Å². The number of nitrogens with zero attached hydrogens (tertiary/aromatic N) is 3. The van der Waals surface area contributed by atoms with Gasteiger partial charge in [-0.05, 0) is 104 Å². The number of fused-ring (bicyclic) bond motifs is 4. The van der Waals surface area contributed by atoms with Gasteiger partial charge >= 0.3 is 0 Å². The predicted molar refractivity (Wildman–Crippen MR) is 243 cm³/mol. The van der Waals surface area contributed by atoms with Crippen LogP contribution in [0.25, 0.3) is 111 Å². The van der Waals surface area contributed by atoms with E-state index < -0.39 is 0 Å². The maximum absolute atomic E-state index is 6.55. The van der Waals surface area contributed by atoms with Crippen LogP contribution >= 0.6 is 0 Å². The molecule has 0 N–H and O–H groups in total. The number of rotatable bonds is 7. The maximum Gasteiger partial charge on any atom is 0.167 e. The van der Waals surface area contributed by atoms with Gasteiger partial charge in [-0.1, -0.05) is 164 Å². The summed E-state index contributed by atoms with van der Waals surface area (Å²) in [5.74, 6) is 1.70. The van der Waals surface area contributed by atoms with E-state index in [4.69, 9.17) is 19.4 Å². The predicted octanol–water partition coefficient (Wildman–Crippen LogP) is 14.6. The number of hydrogen-bond donors (Lipinski definition) is 0. The first-order chi connectivity index (χ1) is 29.2. The van der Waals surface area contributed by atoms with Crippen LogP contribution in [-0.4, -0.2) is 15.0 Å². The van der Waals surface area contributed by atoms with Crippen molar-refractivity contribution in [2.75, 3.05) is 0 Å². The normalized spacial score (nSPS) is 11.4. The lowest BCUT2D eigenvalue weighted by Gasteiger charge is -2.14. The molecule has 0 radical (unpaired) electrons. The molecule has 0 saturated heterocycles. The minimum atomic E-state index is 0.544. The Morgan fingerprint density at radius 3 is 1.44 bits per heavy atom. The molecule has 59 heavy (non-hydrogen) atoms. The van der Waals surface area contributed by atoms with E-state index in [0.717, 1.165) is 72.0 Å². The Balaban J connectivity index is 1.14. The molecule has 0 spiro atoms. The van der Waals surface area contributed by atoms with E-state index in [9.17, 15) is 0 Å².